The van der Waals surface area contributed by atoms with E-state index in [-0.39, 0.29) is 34.8 Å². The molecule has 12 heteroatoms. The molecule has 0 unspecified atom stereocenters. The van der Waals surface area contributed by atoms with E-state index >= 15 is 0 Å². The molecule has 0 atom stereocenters. The van der Waals surface area contributed by atoms with E-state index in [1.165, 1.54) is 36.4 Å². The van der Waals surface area contributed by atoms with Crippen molar-refractivity contribution in [3.63, 3.8) is 0 Å². The van der Waals surface area contributed by atoms with Crippen LogP contribution in [0.3, 0.4) is 0 Å². The summed E-state index contributed by atoms with van der Waals surface area (Å²) in [5.41, 5.74) is 0.772. The highest BCUT2D eigenvalue weighted by molar-refractivity contribution is 7.92. The van der Waals surface area contributed by atoms with Crippen LogP contribution in [0.2, 0.25) is 0 Å². The molecule has 1 N–H and O–H groups in total. The SMILES string of the molecule is Cc1c(N(Cc2ccc(OC(F)(F)F)cc2)S(=O)(=O)c2ccc(C(=O)O)cc2)nc(OC(C)C)c2ccccc12. The lowest BCUT2D eigenvalue weighted by atomic mass is 10.1. The van der Waals surface area contributed by atoms with Crippen molar-refractivity contribution in [2.75, 3.05) is 4.31 Å². The molecule has 0 spiro atoms. The largest absolute Gasteiger partial charge is 0.573 e. The lowest BCUT2D eigenvalue weighted by Crippen LogP contribution is -2.32. The van der Waals surface area contributed by atoms with Crippen molar-refractivity contribution in [1.82, 2.24) is 4.98 Å². The van der Waals surface area contributed by atoms with Crippen LogP contribution in [0.25, 0.3) is 10.8 Å². The molecule has 40 heavy (non-hydrogen) atoms. The molecule has 0 saturated heterocycles. The van der Waals surface area contributed by atoms with Crippen LogP contribution in [-0.4, -0.2) is 36.9 Å². The first-order valence-corrected chi connectivity index (χ1v) is 13.5. The average Bonchev–Trinajstić information content (AvgIpc) is 2.89. The second-order valence-electron chi connectivity index (χ2n) is 9.11. The third-order valence-electron chi connectivity index (χ3n) is 5.86. The Morgan fingerprint density at radius 1 is 0.975 bits per heavy atom. The van der Waals surface area contributed by atoms with Gasteiger partial charge in [0, 0.05) is 10.9 Å². The summed E-state index contributed by atoms with van der Waals surface area (Å²) in [5, 5.41) is 10.6. The minimum absolute atomic E-state index is 0.0484. The van der Waals surface area contributed by atoms with Crippen LogP contribution in [0.1, 0.15) is 35.3 Å². The van der Waals surface area contributed by atoms with E-state index in [2.05, 4.69) is 9.72 Å². The number of hydrogen-bond acceptors (Lipinski definition) is 6. The fourth-order valence-electron chi connectivity index (χ4n) is 4.05. The molecule has 0 amide bonds. The number of ether oxygens (including phenoxy) is 2. The minimum atomic E-state index is -4.88. The van der Waals surface area contributed by atoms with Gasteiger partial charge in [-0.05, 0) is 74.2 Å². The zero-order chi connectivity index (χ0) is 29.2. The molecule has 4 aromatic rings. The maximum atomic E-state index is 14.0. The van der Waals surface area contributed by atoms with Crippen molar-refractivity contribution < 1.29 is 41.0 Å². The number of aromatic nitrogens is 1. The average molecular weight is 575 g/mol. The van der Waals surface area contributed by atoms with Crippen LogP contribution >= 0.6 is 0 Å². The number of carboxylic acids is 1. The number of benzene rings is 3. The third-order valence-corrected chi connectivity index (χ3v) is 7.61. The Morgan fingerprint density at radius 3 is 2.12 bits per heavy atom. The number of pyridine rings is 1. The van der Waals surface area contributed by atoms with Gasteiger partial charge < -0.3 is 14.6 Å². The van der Waals surface area contributed by atoms with Crippen molar-refractivity contribution in [3.05, 3.63) is 89.5 Å². The second kappa shape index (κ2) is 11.0. The second-order valence-corrected chi connectivity index (χ2v) is 11.0. The molecule has 1 aromatic heterocycles. The van der Waals surface area contributed by atoms with E-state index in [1.54, 1.807) is 45.0 Å². The fourth-order valence-corrected chi connectivity index (χ4v) is 5.50. The number of alkyl halides is 3. The van der Waals surface area contributed by atoms with Crippen molar-refractivity contribution >= 4 is 32.6 Å². The Hall–Kier alpha value is -4.32. The zero-order valence-corrected chi connectivity index (χ0v) is 22.5. The summed E-state index contributed by atoms with van der Waals surface area (Å²) in [6.45, 7) is 5.01. The Morgan fingerprint density at radius 2 is 1.57 bits per heavy atom. The van der Waals surface area contributed by atoms with Crippen LogP contribution in [0, 0.1) is 6.92 Å². The van der Waals surface area contributed by atoms with Crippen LogP contribution in [0.15, 0.2) is 77.7 Å². The van der Waals surface area contributed by atoms with Gasteiger partial charge in [-0.15, -0.1) is 13.2 Å². The molecule has 3 aromatic carbocycles. The Bertz CT molecular complexity index is 1640. The number of sulfonamides is 1. The van der Waals surface area contributed by atoms with Crippen molar-refractivity contribution in [2.24, 2.45) is 0 Å². The number of carbonyl (C=O) groups is 1. The summed E-state index contributed by atoms with van der Waals surface area (Å²) in [6, 6.07) is 16.7. The van der Waals surface area contributed by atoms with E-state index < -0.39 is 28.1 Å². The molecule has 4 rings (SSSR count). The van der Waals surface area contributed by atoms with E-state index in [0.717, 1.165) is 16.4 Å². The van der Waals surface area contributed by atoms with Gasteiger partial charge in [-0.25, -0.2) is 17.5 Å². The summed E-state index contributed by atoms with van der Waals surface area (Å²) in [4.78, 5) is 15.7. The van der Waals surface area contributed by atoms with Gasteiger partial charge in [0.15, 0.2) is 0 Å². The normalized spacial score (nSPS) is 12.0. The molecular formula is C28H25F3N2O6S. The van der Waals surface area contributed by atoms with Crippen LogP contribution in [0.5, 0.6) is 11.6 Å². The molecule has 210 valence electrons. The molecule has 0 aliphatic rings. The number of aryl methyl sites for hydroxylation is 1. The van der Waals surface area contributed by atoms with Crippen molar-refractivity contribution in [1.29, 1.82) is 0 Å². The van der Waals surface area contributed by atoms with Gasteiger partial charge in [-0.2, -0.15) is 4.98 Å². The van der Waals surface area contributed by atoms with E-state index in [1.807, 2.05) is 0 Å². The van der Waals surface area contributed by atoms with Gasteiger partial charge in [0.05, 0.1) is 23.1 Å². The number of hydrogen-bond donors (Lipinski definition) is 1. The Balaban J connectivity index is 1.88. The number of anilines is 1. The molecule has 0 fully saturated rings. The molecule has 1 heterocycles. The first-order valence-electron chi connectivity index (χ1n) is 12.0. The van der Waals surface area contributed by atoms with Gasteiger partial charge in [-0.3, -0.25) is 0 Å². The molecule has 0 bridgehead atoms. The Labute approximate surface area is 228 Å². The van der Waals surface area contributed by atoms with Gasteiger partial charge in [0.2, 0.25) is 5.88 Å². The Kier molecular flexibility index (Phi) is 7.92. The predicted molar refractivity (Wildman–Crippen MR) is 142 cm³/mol. The standard InChI is InChI=1S/C28H25F3N2O6S/c1-17(2)38-26-24-7-5-4-6-23(24)18(3)25(32-26)33(16-19-8-12-21(13-9-19)39-28(29,30)31)40(36,37)22-14-10-20(11-15-22)27(34)35/h4-15,17H,16H2,1-3H3,(H,34,35). The summed E-state index contributed by atoms with van der Waals surface area (Å²) >= 11 is 0. The number of carboxylic acid groups (broad SMARTS) is 1. The van der Waals surface area contributed by atoms with Gasteiger partial charge >= 0.3 is 12.3 Å². The van der Waals surface area contributed by atoms with Gasteiger partial charge in [0.1, 0.15) is 11.6 Å². The van der Waals surface area contributed by atoms with Crippen LogP contribution < -0.4 is 13.8 Å². The molecular weight excluding hydrogens is 549 g/mol. The summed E-state index contributed by atoms with van der Waals surface area (Å²) in [5.74, 6) is -1.42. The molecule has 0 saturated carbocycles. The fraction of sp³-hybridized carbons (Fsp3) is 0.214. The number of fused-ring (bicyclic) bond motifs is 1. The van der Waals surface area contributed by atoms with Crippen LogP contribution in [-0.2, 0) is 16.6 Å². The highest BCUT2D eigenvalue weighted by Crippen LogP contribution is 2.36. The molecule has 0 aliphatic heterocycles. The molecule has 0 radical (unpaired) electrons. The van der Waals surface area contributed by atoms with Gasteiger partial charge in [-0.1, -0.05) is 30.3 Å². The highest BCUT2D eigenvalue weighted by Gasteiger charge is 2.32. The number of aromatic carboxylic acids is 1. The maximum absolute atomic E-state index is 14.0. The lowest BCUT2D eigenvalue weighted by Gasteiger charge is -2.27. The smallest absolute Gasteiger partial charge is 0.478 e. The topological polar surface area (TPSA) is 106 Å². The number of rotatable bonds is 9. The minimum Gasteiger partial charge on any atom is -0.478 e. The molecule has 0 aliphatic carbocycles. The quantitative estimate of drug-likeness (QED) is 0.249. The summed E-state index contributed by atoms with van der Waals surface area (Å²) < 4.78 is 76.8. The number of nitrogens with zero attached hydrogens (tertiary/aromatic N) is 2. The van der Waals surface area contributed by atoms with Crippen molar-refractivity contribution in [2.45, 2.75) is 44.7 Å². The predicted octanol–water partition coefficient (Wildman–Crippen LogP) is 6.32. The monoisotopic (exact) mass is 574 g/mol. The lowest BCUT2D eigenvalue weighted by molar-refractivity contribution is -0.274. The first-order chi connectivity index (χ1) is 18.8. The maximum Gasteiger partial charge on any atom is 0.573 e. The number of halogens is 3. The zero-order valence-electron chi connectivity index (χ0n) is 21.6. The van der Waals surface area contributed by atoms with Crippen molar-refractivity contribution in [3.8, 4) is 11.6 Å². The van der Waals surface area contributed by atoms with E-state index in [4.69, 9.17) is 4.74 Å². The highest BCUT2D eigenvalue weighted by atomic mass is 32.2. The van der Waals surface area contributed by atoms with E-state index in [0.29, 0.717) is 21.9 Å². The summed E-state index contributed by atoms with van der Waals surface area (Å²) in [6.07, 6.45) is -5.15. The van der Waals surface area contributed by atoms with Crippen LogP contribution in [0.4, 0.5) is 19.0 Å². The first kappa shape index (κ1) is 28.7. The van der Waals surface area contributed by atoms with E-state index in [9.17, 15) is 31.5 Å². The molecule has 8 nitrogen and oxygen atoms in total. The van der Waals surface area contributed by atoms with Gasteiger partial charge in [0.25, 0.3) is 10.0 Å². The third kappa shape index (κ3) is 6.28. The summed E-state index contributed by atoms with van der Waals surface area (Å²) in [7, 11) is -4.36.